The Balaban J connectivity index is 2.17. The van der Waals surface area contributed by atoms with Gasteiger partial charge in [0.15, 0.2) is 17.3 Å². The zero-order valence-corrected chi connectivity index (χ0v) is 13.3. The second kappa shape index (κ2) is 7.66. The maximum atomic E-state index is 12.1. The fourth-order valence-electron chi connectivity index (χ4n) is 1.95. The molecule has 2 rings (SSSR count). The van der Waals surface area contributed by atoms with Crippen LogP contribution in [0.15, 0.2) is 48.5 Å². The van der Waals surface area contributed by atoms with Gasteiger partial charge in [0.05, 0.1) is 13.7 Å². The van der Waals surface area contributed by atoms with Crippen LogP contribution in [0.5, 0.6) is 11.5 Å². The number of ketones is 1. The van der Waals surface area contributed by atoms with Crippen LogP contribution in [0.25, 0.3) is 6.08 Å². The highest BCUT2D eigenvalue weighted by atomic mass is 35.5. The van der Waals surface area contributed by atoms with E-state index in [-0.39, 0.29) is 5.78 Å². The minimum Gasteiger partial charge on any atom is -0.493 e. The van der Waals surface area contributed by atoms with Crippen LogP contribution in [0, 0.1) is 0 Å². The molecule has 0 bridgehead atoms. The van der Waals surface area contributed by atoms with Gasteiger partial charge < -0.3 is 9.47 Å². The molecule has 0 amide bonds. The Bertz CT molecular complexity index is 675. The minimum absolute atomic E-state index is 0.0783. The van der Waals surface area contributed by atoms with Gasteiger partial charge in [-0.3, -0.25) is 4.79 Å². The molecule has 0 saturated heterocycles. The zero-order chi connectivity index (χ0) is 15.9. The van der Waals surface area contributed by atoms with Gasteiger partial charge >= 0.3 is 0 Å². The lowest BCUT2D eigenvalue weighted by Gasteiger charge is -2.09. The van der Waals surface area contributed by atoms with Crippen molar-refractivity contribution >= 4 is 23.5 Å². The first kappa shape index (κ1) is 16.1. The van der Waals surface area contributed by atoms with E-state index in [1.165, 1.54) is 6.08 Å². The lowest BCUT2D eigenvalue weighted by Crippen LogP contribution is -1.96. The molecule has 0 heterocycles. The highest BCUT2D eigenvalue weighted by molar-refractivity contribution is 6.30. The lowest BCUT2D eigenvalue weighted by molar-refractivity contribution is 0.104. The van der Waals surface area contributed by atoms with Crippen molar-refractivity contribution in [2.24, 2.45) is 0 Å². The molecule has 0 aliphatic carbocycles. The fourth-order valence-corrected chi connectivity index (χ4v) is 2.07. The van der Waals surface area contributed by atoms with E-state index >= 15 is 0 Å². The number of hydrogen-bond donors (Lipinski definition) is 0. The first-order valence-corrected chi connectivity index (χ1v) is 7.30. The molecule has 0 aromatic heterocycles. The van der Waals surface area contributed by atoms with Crippen molar-refractivity contribution in [1.29, 1.82) is 0 Å². The van der Waals surface area contributed by atoms with Gasteiger partial charge in [0.1, 0.15) is 0 Å². The minimum atomic E-state index is -0.0783. The van der Waals surface area contributed by atoms with E-state index in [1.807, 2.05) is 25.1 Å². The van der Waals surface area contributed by atoms with E-state index in [1.54, 1.807) is 37.5 Å². The molecule has 0 N–H and O–H groups in total. The van der Waals surface area contributed by atoms with E-state index in [9.17, 15) is 4.79 Å². The zero-order valence-electron chi connectivity index (χ0n) is 12.5. The van der Waals surface area contributed by atoms with Crippen molar-refractivity contribution in [2.45, 2.75) is 6.92 Å². The molecule has 0 unspecified atom stereocenters. The average Bonchev–Trinajstić information content (AvgIpc) is 2.54. The summed E-state index contributed by atoms with van der Waals surface area (Å²) >= 11 is 5.81. The monoisotopic (exact) mass is 316 g/mol. The summed E-state index contributed by atoms with van der Waals surface area (Å²) in [6, 6.07) is 12.3. The Hall–Kier alpha value is -2.26. The van der Waals surface area contributed by atoms with Crippen molar-refractivity contribution < 1.29 is 14.3 Å². The van der Waals surface area contributed by atoms with Crippen LogP contribution in [0.4, 0.5) is 0 Å². The van der Waals surface area contributed by atoms with Gasteiger partial charge in [-0.05, 0) is 55.0 Å². The molecule has 2 aromatic rings. The van der Waals surface area contributed by atoms with Crippen molar-refractivity contribution in [3.8, 4) is 11.5 Å². The SMILES string of the molecule is CCOc1cc(/C=C/C(=O)c2ccc(Cl)cc2)ccc1OC. The summed E-state index contributed by atoms with van der Waals surface area (Å²) in [7, 11) is 1.59. The van der Waals surface area contributed by atoms with Gasteiger partial charge in [0, 0.05) is 10.6 Å². The summed E-state index contributed by atoms with van der Waals surface area (Å²) in [5.41, 5.74) is 1.46. The van der Waals surface area contributed by atoms with Crippen molar-refractivity contribution in [1.82, 2.24) is 0 Å². The third-order valence-corrected chi connectivity index (χ3v) is 3.30. The number of halogens is 1. The predicted octanol–water partition coefficient (Wildman–Crippen LogP) is 4.64. The highest BCUT2D eigenvalue weighted by Crippen LogP contribution is 2.28. The number of carbonyl (C=O) groups excluding carboxylic acids is 1. The average molecular weight is 317 g/mol. The number of methoxy groups -OCH3 is 1. The van der Waals surface area contributed by atoms with Crippen LogP contribution in [-0.2, 0) is 0 Å². The molecule has 0 atom stereocenters. The van der Waals surface area contributed by atoms with Crippen molar-refractivity contribution in [3.05, 3.63) is 64.7 Å². The van der Waals surface area contributed by atoms with Crippen LogP contribution in [-0.4, -0.2) is 19.5 Å². The molecule has 0 fully saturated rings. The smallest absolute Gasteiger partial charge is 0.185 e. The Morgan fingerprint density at radius 2 is 1.86 bits per heavy atom. The van der Waals surface area contributed by atoms with Crippen molar-refractivity contribution in [3.63, 3.8) is 0 Å². The first-order chi connectivity index (χ1) is 10.6. The molecule has 22 heavy (non-hydrogen) atoms. The second-order valence-electron chi connectivity index (χ2n) is 4.55. The highest BCUT2D eigenvalue weighted by Gasteiger charge is 2.05. The standard InChI is InChI=1S/C18H17ClO3/c1-3-22-18-12-13(5-11-17(18)21-2)4-10-16(20)14-6-8-15(19)9-7-14/h4-12H,3H2,1-2H3/b10-4+. The Morgan fingerprint density at radius 3 is 2.50 bits per heavy atom. The largest absolute Gasteiger partial charge is 0.493 e. The summed E-state index contributed by atoms with van der Waals surface area (Å²) in [6.07, 6.45) is 3.28. The van der Waals surface area contributed by atoms with Crippen LogP contribution in [0.2, 0.25) is 5.02 Å². The summed E-state index contributed by atoms with van der Waals surface area (Å²) in [6.45, 7) is 2.46. The second-order valence-corrected chi connectivity index (χ2v) is 4.98. The van der Waals surface area contributed by atoms with Crippen LogP contribution in [0.1, 0.15) is 22.8 Å². The molecule has 0 spiro atoms. The Labute approximate surface area is 135 Å². The first-order valence-electron chi connectivity index (χ1n) is 6.93. The van der Waals surface area contributed by atoms with Gasteiger partial charge in [-0.2, -0.15) is 0 Å². The number of benzene rings is 2. The molecule has 114 valence electrons. The van der Waals surface area contributed by atoms with Gasteiger partial charge in [-0.1, -0.05) is 23.7 Å². The number of rotatable bonds is 6. The fraction of sp³-hybridized carbons (Fsp3) is 0.167. The summed E-state index contributed by atoms with van der Waals surface area (Å²) in [4.78, 5) is 12.1. The summed E-state index contributed by atoms with van der Waals surface area (Å²) < 4.78 is 10.7. The maximum absolute atomic E-state index is 12.1. The lowest BCUT2D eigenvalue weighted by atomic mass is 10.1. The van der Waals surface area contributed by atoms with Crippen LogP contribution in [0.3, 0.4) is 0 Å². The topological polar surface area (TPSA) is 35.5 Å². The Kier molecular flexibility index (Phi) is 5.61. The molecule has 4 heteroatoms. The van der Waals surface area contributed by atoms with E-state index in [0.29, 0.717) is 28.7 Å². The third-order valence-electron chi connectivity index (χ3n) is 3.04. The molecule has 3 nitrogen and oxygen atoms in total. The molecule has 0 aliphatic rings. The van der Waals surface area contributed by atoms with E-state index in [0.717, 1.165) is 5.56 Å². The van der Waals surface area contributed by atoms with Crippen molar-refractivity contribution in [2.75, 3.05) is 13.7 Å². The van der Waals surface area contributed by atoms with Gasteiger partial charge in [-0.25, -0.2) is 0 Å². The van der Waals surface area contributed by atoms with E-state index < -0.39 is 0 Å². The molecule has 0 radical (unpaired) electrons. The molecule has 0 saturated carbocycles. The quantitative estimate of drug-likeness (QED) is 0.575. The molecular weight excluding hydrogens is 300 g/mol. The van der Waals surface area contributed by atoms with Crippen LogP contribution < -0.4 is 9.47 Å². The maximum Gasteiger partial charge on any atom is 0.185 e. The number of hydrogen-bond acceptors (Lipinski definition) is 3. The van der Waals surface area contributed by atoms with Gasteiger partial charge in [0.2, 0.25) is 0 Å². The van der Waals surface area contributed by atoms with E-state index in [4.69, 9.17) is 21.1 Å². The third kappa shape index (κ3) is 4.12. The number of ether oxygens (including phenoxy) is 2. The summed E-state index contributed by atoms with van der Waals surface area (Å²) in [5.74, 6) is 1.25. The van der Waals surface area contributed by atoms with E-state index in [2.05, 4.69) is 0 Å². The van der Waals surface area contributed by atoms with Gasteiger partial charge in [-0.15, -0.1) is 0 Å². The molecule has 0 aliphatic heterocycles. The molecular formula is C18H17ClO3. The van der Waals surface area contributed by atoms with Crippen LogP contribution >= 0.6 is 11.6 Å². The normalized spacial score (nSPS) is 10.7. The Morgan fingerprint density at radius 1 is 1.14 bits per heavy atom. The summed E-state index contributed by atoms with van der Waals surface area (Å²) in [5, 5.41) is 0.608. The number of carbonyl (C=O) groups is 1. The predicted molar refractivity (Wildman–Crippen MR) is 89.0 cm³/mol. The van der Waals surface area contributed by atoms with Gasteiger partial charge in [0.25, 0.3) is 0 Å². The number of allylic oxidation sites excluding steroid dienone is 1. The molecule has 2 aromatic carbocycles.